The van der Waals surface area contributed by atoms with Crippen molar-refractivity contribution in [3.05, 3.63) is 48.5 Å². The first-order valence-corrected chi connectivity index (χ1v) is 13.2. The van der Waals surface area contributed by atoms with Gasteiger partial charge in [0.1, 0.15) is 0 Å². The van der Waals surface area contributed by atoms with E-state index < -0.39 is 20.5 Å². The molecule has 2 bridgehead atoms. The molecule has 0 spiro atoms. The highest BCUT2D eigenvalue weighted by molar-refractivity contribution is 8.06. The maximum absolute atomic E-state index is 8.49. The largest absolute Gasteiger partial charge is 0.222 e. The van der Waals surface area contributed by atoms with Crippen LogP contribution >= 0.6 is 0 Å². The average molecular weight is 485 g/mol. The molecule has 0 fully saturated rings. The van der Waals surface area contributed by atoms with Crippen LogP contribution in [0.1, 0.15) is 20.3 Å². The fraction of sp³-hybridized carbons (Fsp3) is 0.294. The predicted molar refractivity (Wildman–Crippen MR) is 84.2 cm³/mol. The van der Waals surface area contributed by atoms with Crippen LogP contribution in [-0.2, 0) is 21.8 Å². The zero-order valence-corrected chi connectivity index (χ0v) is 18.5. The molecule has 0 unspecified atom stereocenters. The fourth-order valence-corrected chi connectivity index (χ4v) is 10.4. The fourth-order valence-electron chi connectivity index (χ4n) is 3.43. The minimum Gasteiger partial charge on any atom is -0.222 e. The summed E-state index contributed by atoms with van der Waals surface area (Å²) in [4.78, 5) is 6.52. The lowest BCUT2D eigenvalue weighted by Crippen LogP contribution is -2.68. The Labute approximate surface area is 178 Å². The van der Waals surface area contributed by atoms with Crippen molar-refractivity contribution < 1.29 is 57.8 Å². The van der Waals surface area contributed by atoms with Crippen LogP contribution in [-0.4, -0.2) is 10.5 Å². The summed E-state index contributed by atoms with van der Waals surface area (Å²) >= 11 is 0. The van der Waals surface area contributed by atoms with Gasteiger partial charge in [-0.15, -0.1) is 20.5 Å². The Morgan fingerprint density at radius 1 is 0.655 bits per heavy atom. The molecule has 0 saturated heterocycles. The third-order valence-corrected chi connectivity index (χ3v) is 10.4. The summed E-state index contributed by atoms with van der Waals surface area (Å²) in [5.41, 5.74) is 0. The van der Waals surface area contributed by atoms with Crippen LogP contribution in [0.3, 0.4) is 0 Å². The molecule has 0 aromatic heterocycles. The van der Waals surface area contributed by atoms with E-state index in [-0.39, 0.29) is 0 Å². The number of hydrogen-bond acceptors (Lipinski definition) is 8. The smallest absolute Gasteiger partial charge is 0.216 e. The van der Waals surface area contributed by atoms with Gasteiger partial charge in [0.2, 0.25) is 19.6 Å². The number of fused-ring (bicyclic) bond motifs is 1. The van der Waals surface area contributed by atoms with Gasteiger partial charge < -0.3 is 0 Å². The van der Waals surface area contributed by atoms with E-state index >= 15 is 0 Å². The third kappa shape index (κ3) is 6.69. The van der Waals surface area contributed by atoms with Crippen molar-refractivity contribution >= 4 is 21.8 Å². The molecule has 160 valence electrons. The van der Waals surface area contributed by atoms with Gasteiger partial charge in [0, 0.05) is 0 Å². The van der Waals surface area contributed by atoms with Gasteiger partial charge in [-0.1, -0.05) is 31.2 Å². The summed E-state index contributed by atoms with van der Waals surface area (Å²) in [6.45, 7) is 4.84. The highest BCUT2D eigenvalue weighted by Crippen LogP contribution is 2.53. The normalized spacial score (nSPS) is 24.3. The van der Waals surface area contributed by atoms with Crippen molar-refractivity contribution in [2.75, 3.05) is 0 Å². The molecule has 0 N–H and O–H groups in total. The lowest BCUT2D eigenvalue weighted by molar-refractivity contribution is -2.00. The Balaban J connectivity index is 0.000000253. The van der Waals surface area contributed by atoms with E-state index in [0.717, 1.165) is 10.5 Å². The molecule has 0 aliphatic carbocycles. The molecule has 3 aliphatic heterocycles. The Hall–Kier alpha value is -0.600. The van der Waals surface area contributed by atoms with Gasteiger partial charge in [0.15, 0.2) is 10.5 Å². The highest BCUT2D eigenvalue weighted by Gasteiger charge is 2.62. The molecular weight excluding hydrogens is 467 g/mol. The van der Waals surface area contributed by atoms with Gasteiger partial charge >= 0.3 is 0 Å². The first-order valence-electron chi connectivity index (χ1n) is 8.20. The Bertz CT molecular complexity index is 756. The van der Waals surface area contributed by atoms with Crippen molar-refractivity contribution in [1.29, 1.82) is 0 Å². The molecule has 3 aliphatic rings. The standard InChI is InChI=1S/C17H18S2.2ClHO4/c1-3-13-12(2)18-14-8-4-6-10-16(14)19(13)17-11-7-5-9-15(17)18;2*2-1(3,4)5/h4-13H,3H2,1-2H3;2*(H,2,3,4,5)/q+2;;/p-2/t12-,13+,18?,19?;;/m0../s1. The van der Waals surface area contributed by atoms with Crippen LogP contribution in [0.4, 0.5) is 0 Å². The summed E-state index contributed by atoms with van der Waals surface area (Å²) in [7, 11) is -9.29. The SMILES string of the molecule is CC[C@@H]1[C@H](C)[S+]2c3ccccc3[S+]1c1ccccc12.[O-][Cl+3]([O-])([O-])[O-].[O-][Cl+3]([O-])([O-])[O-]. The minimum atomic E-state index is -4.94. The van der Waals surface area contributed by atoms with E-state index in [2.05, 4.69) is 62.4 Å². The van der Waals surface area contributed by atoms with E-state index in [9.17, 15) is 0 Å². The van der Waals surface area contributed by atoms with Gasteiger partial charge in [-0.25, -0.2) is 37.3 Å². The van der Waals surface area contributed by atoms with Crippen LogP contribution in [0.5, 0.6) is 0 Å². The summed E-state index contributed by atoms with van der Waals surface area (Å²) in [6, 6.07) is 18.4. The second kappa shape index (κ2) is 9.69. The lowest BCUT2D eigenvalue weighted by Gasteiger charge is -2.33. The molecule has 2 aromatic carbocycles. The minimum absolute atomic E-state index is 0.297. The van der Waals surface area contributed by atoms with Crippen LogP contribution < -0.4 is 37.3 Å². The summed E-state index contributed by atoms with van der Waals surface area (Å²) in [6.07, 6.45) is 1.30. The molecule has 0 amide bonds. The molecule has 2 atom stereocenters. The molecular formula is C17H18Cl2O8S2. The summed E-state index contributed by atoms with van der Waals surface area (Å²) in [5, 5.41) is 1.64. The predicted octanol–water partition coefficient (Wildman–Crippen LogP) is -5.26. The van der Waals surface area contributed by atoms with Crippen molar-refractivity contribution in [1.82, 2.24) is 0 Å². The van der Waals surface area contributed by atoms with Gasteiger partial charge in [-0.3, -0.25) is 0 Å². The number of halogens is 2. The van der Waals surface area contributed by atoms with E-state index in [1.54, 1.807) is 19.6 Å². The van der Waals surface area contributed by atoms with E-state index in [1.165, 1.54) is 6.42 Å². The topological polar surface area (TPSA) is 184 Å². The summed E-state index contributed by atoms with van der Waals surface area (Å²) < 4.78 is 67.9. The zero-order valence-electron chi connectivity index (χ0n) is 15.3. The zero-order chi connectivity index (χ0) is 22.0. The molecule has 8 nitrogen and oxygen atoms in total. The van der Waals surface area contributed by atoms with E-state index in [0.29, 0.717) is 21.8 Å². The van der Waals surface area contributed by atoms with E-state index in [4.69, 9.17) is 37.3 Å². The number of rotatable bonds is 1. The van der Waals surface area contributed by atoms with Crippen LogP contribution in [0, 0.1) is 20.5 Å². The average Bonchev–Trinajstić information content (AvgIpc) is 2.59. The maximum Gasteiger partial charge on any atom is 0.216 e. The second-order valence-electron chi connectivity index (χ2n) is 5.98. The third-order valence-electron chi connectivity index (χ3n) is 4.25. The molecule has 29 heavy (non-hydrogen) atoms. The first-order chi connectivity index (χ1) is 13.3. The molecule has 3 heterocycles. The quantitative estimate of drug-likeness (QED) is 0.359. The van der Waals surface area contributed by atoms with Gasteiger partial charge in [-0.2, -0.15) is 0 Å². The first kappa shape index (κ1) is 24.7. The Morgan fingerprint density at radius 3 is 1.21 bits per heavy atom. The maximum atomic E-state index is 8.49. The van der Waals surface area contributed by atoms with Gasteiger partial charge in [0.25, 0.3) is 0 Å². The van der Waals surface area contributed by atoms with Crippen LogP contribution in [0.25, 0.3) is 0 Å². The van der Waals surface area contributed by atoms with E-state index in [1.807, 2.05) is 0 Å². The highest BCUT2D eigenvalue weighted by atomic mass is 35.7. The second-order valence-corrected chi connectivity index (χ2v) is 11.9. The Morgan fingerprint density at radius 2 is 0.931 bits per heavy atom. The van der Waals surface area contributed by atoms with Crippen LogP contribution in [0.2, 0.25) is 0 Å². The molecule has 5 rings (SSSR count). The molecule has 0 saturated carbocycles. The monoisotopic (exact) mass is 484 g/mol. The number of benzene rings is 2. The Kier molecular flexibility index (Phi) is 8.24. The van der Waals surface area contributed by atoms with Gasteiger partial charge in [-0.05, 0) is 37.6 Å². The van der Waals surface area contributed by atoms with Crippen molar-refractivity contribution in [2.45, 2.75) is 50.4 Å². The van der Waals surface area contributed by atoms with Crippen LogP contribution in [0.15, 0.2) is 68.1 Å². The summed E-state index contributed by atoms with van der Waals surface area (Å²) in [5.74, 6) is 0. The lowest BCUT2D eigenvalue weighted by atomic mass is 10.2. The molecule has 12 heteroatoms. The number of hydrogen-bond donors (Lipinski definition) is 0. The molecule has 2 aromatic rings. The van der Waals surface area contributed by atoms with Crippen molar-refractivity contribution in [3.8, 4) is 0 Å². The molecule has 0 radical (unpaired) electrons. The van der Waals surface area contributed by atoms with Crippen molar-refractivity contribution in [3.63, 3.8) is 0 Å². The van der Waals surface area contributed by atoms with Crippen molar-refractivity contribution in [2.24, 2.45) is 0 Å². The van der Waals surface area contributed by atoms with Gasteiger partial charge in [0.05, 0.1) is 21.8 Å².